The minimum absolute atomic E-state index is 0.0278. The van der Waals surface area contributed by atoms with Crippen LogP contribution in [0.25, 0.3) is 21.6 Å². The fourth-order valence-corrected chi connectivity index (χ4v) is 5.64. The normalized spacial score (nSPS) is 17.7. The van der Waals surface area contributed by atoms with Gasteiger partial charge in [-0.1, -0.05) is 23.3 Å². The quantitative estimate of drug-likeness (QED) is 0.215. The molecule has 2 aliphatic carbocycles. The number of rotatable bonds is 7. The van der Waals surface area contributed by atoms with Crippen molar-refractivity contribution < 1.29 is 19.1 Å². The Kier molecular flexibility index (Phi) is 6.72. The lowest BCUT2D eigenvalue weighted by atomic mass is 9.91. The molecule has 0 N–H and O–H groups in total. The van der Waals surface area contributed by atoms with Crippen LogP contribution in [0.1, 0.15) is 60.3 Å². The zero-order valence-corrected chi connectivity index (χ0v) is 22.7. The van der Waals surface area contributed by atoms with Crippen molar-refractivity contribution in [3.8, 4) is 16.9 Å². The van der Waals surface area contributed by atoms with Crippen molar-refractivity contribution in [1.29, 1.82) is 0 Å². The Labute approximate surface area is 232 Å². The van der Waals surface area contributed by atoms with E-state index in [1.165, 1.54) is 10.2 Å². The van der Waals surface area contributed by atoms with E-state index in [9.17, 15) is 9.59 Å². The van der Waals surface area contributed by atoms with Gasteiger partial charge in [0.25, 0.3) is 5.91 Å². The number of nitrogens with zero attached hydrogens (tertiary/aromatic N) is 6. The minimum Gasteiger partial charge on any atom is -0.493 e. The smallest absolute Gasteiger partial charge is 0.435 e. The summed E-state index contributed by atoms with van der Waals surface area (Å²) in [6.45, 7) is 4.13. The first kappa shape index (κ1) is 26.0. The maximum Gasteiger partial charge on any atom is 0.435 e. The molecule has 1 fully saturated rings. The van der Waals surface area contributed by atoms with Crippen LogP contribution in [0.3, 0.4) is 0 Å². The third kappa shape index (κ3) is 5.27. The number of aryl methyl sites for hydroxylation is 1. The van der Waals surface area contributed by atoms with Gasteiger partial charge in [0.2, 0.25) is 0 Å². The first-order valence-corrected chi connectivity index (χ1v) is 13.8. The second kappa shape index (κ2) is 10.4. The molecule has 1 saturated carbocycles. The molecule has 3 aliphatic rings. The first-order valence-electron chi connectivity index (χ1n) is 13.8. The molecular formula is C30H32N6O4. The number of hydrogen-bond acceptors (Lipinski definition) is 6. The van der Waals surface area contributed by atoms with E-state index < -0.39 is 11.7 Å². The van der Waals surface area contributed by atoms with Crippen molar-refractivity contribution in [2.24, 2.45) is 5.11 Å². The van der Waals surface area contributed by atoms with Crippen molar-refractivity contribution in [1.82, 2.24) is 14.7 Å². The van der Waals surface area contributed by atoms with Crippen LogP contribution in [0.5, 0.6) is 5.75 Å². The van der Waals surface area contributed by atoms with E-state index in [4.69, 9.17) is 15.0 Å². The number of fused-ring (bicyclic) bond motifs is 2. The second-order valence-corrected chi connectivity index (χ2v) is 11.4. The molecule has 40 heavy (non-hydrogen) atoms. The predicted molar refractivity (Wildman–Crippen MR) is 148 cm³/mol. The number of carbonyl (C=O) groups excluding carboxylic acids is 2. The molecule has 3 aromatic rings. The minimum atomic E-state index is -0.946. The Balaban J connectivity index is 1.16. The molecule has 0 saturated heterocycles. The molecular weight excluding hydrogens is 508 g/mol. The van der Waals surface area contributed by atoms with Gasteiger partial charge in [-0.25, -0.2) is 4.79 Å². The highest BCUT2D eigenvalue weighted by molar-refractivity contribution is 5.95. The van der Waals surface area contributed by atoms with Gasteiger partial charge in [-0.05, 0) is 98.0 Å². The van der Waals surface area contributed by atoms with Gasteiger partial charge in [0.05, 0.1) is 18.8 Å². The SMILES string of the molecule is CC(C)(CN=[N+]=[N-])OC(=O)n1cc2c(n1)CCC(N(C(=O)c1ccc(-c3ccc4c(c3)CCO4)cc1)C1CC1)C2. The summed E-state index contributed by atoms with van der Waals surface area (Å²) < 4.78 is 12.4. The molecule has 1 amide bonds. The molecule has 2 aromatic carbocycles. The maximum absolute atomic E-state index is 13.8. The Bertz CT molecular complexity index is 1500. The predicted octanol–water partition coefficient (Wildman–Crippen LogP) is 5.72. The number of carbonyl (C=O) groups is 2. The molecule has 1 aromatic heterocycles. The van der Waals surface area contributed by atoms with Crippen LogP contribution in [0.2, 0.25) is 0 Å². The molecule has 1 aliphatic heterocycles. The number of ether oxygens (including phenoxy) is 2. The Morgan fingerprint density at radius 1 is 1.10 bits per heavy atom. The summed E-state index contributed by atoms with van der Waals surface area (Å²) in [7, 11) is 0. The molecule has 2 heterocycles. The van der Waals surface area contributed by atoms with Crippen LogP contribution in [-0.2, 0) is 24.0 Å². The fourth-order valence-electron chi connectivity index (χ4n) is 5.64. The molecule has 0 radical (unpaired) electrons. The van der Waals surface area contributed by atoms with Crippen molar-refractivity contribution in [2.45, 2.75) is 70.1 Å². The van der Waals surface area contributed by atoms with E-state index in [0.29, 0.717) is 18.4 Å². The first-order chi connectivity index (χ1) is 19.3. The summed E-state index contributed by atoms with van der Waals surface area (Å²) in [5, 5.41) is 7.97. The van der Waals surface area contributed by atoms with Crippen LogP contribution < -0.4 is 4.74 Å². The van der Waals surface area contributed by atoms with E-state index in [-0.39, 0.29) is 24.5 Å². The average Bonchev–Trinajstić information content (AvgIpc) is 3.50. The van der Waals surface area contributed by atoms with Gasteiger partial charge >= 0.3 is 6.09 Å². The van der Waals surface area contributed by atoms with Gasteiger partial charge in [0.15, 0.2) is 0 Å². The van der Waals surface area contributed by atoms with Crippen molar-refractivity contribution in [3.05, 3.63) is 81.5 Å². The van der Waals surface area contributed by atoms with E-state index in [1.54, 1.807) is 20.0 Å². The largest absolute Gasteiger partial charge is 0.493 e. The summed E-state index contributed by atoms with van der Waals surface area (Å²) in [4.78, 5) is 31.3. The zero-order valence-electron chi connectivity index (χ0n) is 22.7. The summed E-state index contributed by atoms with van der Waals surface area (Å²) in [5.74, 6) is 1.01. The highest BCUT2D eigenvalue weighted by Gasteiger charge is 2.39. The lowest BCUT2D eigenvalue weighted by Crippen LogP contribution is -2.44. The van der Waals surface area contributed by atoms with Crippen LogP contribution in [-0.4, -0.2) is 57.5 Å². The second-order valence-electron chi connectivity index (χ2n) is 11.4. The van der Waals surface area contributed by atoms with Gasteiger partial charge in [-0.2, -0.15) is 9.78 Å². The fraction of sp³-hybridized carbons (Fsp3) is 0.433. The van der Waals surface area contributed by atoms with Gasteiger partial charge in [-0.3, -0.25) is 4.79 Å². The molecule has 1 atom stereocenters. The third-order valence-corrected chi connectivity index (χ3v) is 7.84. The Hall–Kier alpha value is -4.30. The number of azide groups is 1. The van der Waals surface area contributed by atoms with Gasteiger partial charge in [-0.15, -0.1) is 0 Å². The van der Waals surface area contributed by atoms with E-state index in [2.05, 4.69) is 32.2 Å². The summed E-state index contributed by atoms with van der Waals surface area (Å²) in [6.07, 6.45) is 6.15. The van der Waals surface area contributed by atoms with Crippen molar-refractivity contribution in [3.63, 3.8) is 0 Å². The summed E-state index contributed by atoms with van der Waals surface area (Å²) in [6, 6.07) is 14.4. The lowest BCUT2D eigenvalue weighted by Gasteiger charge is -2.34. The van der Waals surface area contributed by atoms with Crippen LogP contribution >= 0.6 is 0 Å². The molecule has 0 bridgehead atoms. The van der Waals surface area contributed by atoms with Crippen molar-refractivity contribution in [2.75, 3.05) is 13.2 Å². The lowest BCUT2D eigenvalue weighted by molar-refractivity contribution is 0.0441. The average molecular weight is 541 g/mol. The number of benzene rings is 2. The third-order valence-electron chi connectivity index (χ3n) is 7.84. The number of amides is 1. The molecule has 1 unspecified atom stereocenters. The van der Waals surface area contributed by atoms with Crippen LogP contribution in [0.15, 0.2) is 53.8 Å². The van der Waals surface area contributed by atoms with E-state index in [1.807, 2.05) is 30.3 Å². The topological polar surface area (TPSA) is 122 Å². The molecule has 10 nitrogen and oxygen atoms in total. The molecule has 206 valence electrons. The molecule has 6 rings (SSSR count). The van der Waals surface area contributed by atoms with Gasteiger partial charge < -0.3 is 14.4 Å². The summed E-state index contributed by atoms with van der Waals surface area (Å²) in [5.41, 5.74) is 13.5. The zero-order chi connectivity index (χ0) is 27.9. The standard InChI is InChI=1S/C30H32N6O4/c1-30(2,18-32-34-31)40-29(38)35-17-23-16-25(10-11-26(23)33-35)36(24-8-9-24)28(37)20-5-3-19(4-6-20)21-7-12-27-22(15-21)13-14-39-27/h3-7,12,15,17,24-25H,8-11,13-14,16,18H2,1-2H3. The van der Waals surface area contributed by atoms with Crippen LogP contribution in [0, 0.1) is 0 Å². The van der Waals surface area contributed by atoms with Crippen LogP contribution in [0.4, 0.5) is 4.79 Å². The monoisotopic (exact) mass is 540 g/mol. The highest BCUT2D eigenvalue weighted by Crippen LogP contribution is 2.36. The summed E-state index contributed by atoms with van der Waals surface area (Å²) >= 11 is 0. The highest BCUT2D eigenvalue weighted by atomic mass is 16.6. The van der Waals surface area contributed by atoms with E-state index in [0.717, 1.165) is 60.4 Å². The molecule has 10 heteroatoms. The van der Waals surface area contributed by atoms with Gasteiger partial charge in [0.1, 0.15) is 11.4 Å². The number of aromatic nitrogens is 2. The van der Waals surface area contributed by atoms with Crippen molar-refractivity contribution >= 4 is 12.0 Å². The Morgan fingerprint density at radius 3 is 2.62 bits per heavy atom. The maximum atomic E-state index is 13.8. The van der Waals surface area contributed by atoms with Gasteiger partial charge in [0, 0.05) is 35.2 Å². The number of hydrogen-bond donors (Lipinski definition) is 0. The van der Waals surface area contributed by atoms with E-state index >= 15 is 0 Å². The Morgan fingerprint density at radius 2 is 1.88 bits per heavy atom. The molecule has 0 spiro atoms.